The summed E-state index contributed by atoms with van der Waals surface area (Å²) in [6, 6.07) is 10.3. The van der Waals surface area contributed by atoms with Gasteiger partial charge in [-0.3, -0.25) is 9.69 Å². The van der Waals surface area contributed by atoms with E-state index in [0.29, 0.717) is 33.5 Å². The van der Waals surface area contributed by atoms with Gasteiger partial charge in [0.1, 0.15) is 5.82 Å². The molecule has 1 unspecified atom stereocenters. The van der Waals surface area contributed by atoms with Crippen molar-refractivity contribution in [1.82, 2.24) is 4.98 Å². The molecule has 1 amide bonds. The summed E-state index contributed by atoms with van der Waals surface area (Å²) in [5.41, 5.74) is 0.613. The summed E-state index contributed by atoms with van der Waals surface area (Å²) in [7, 11) is -3.52. The number of carbonyl (C=O) groups is 1. The minimum absolute atomic E-state index is 0.0455. The predicted octanol–water partition coefficient (Wildman–Crippen LogP) is 4.85. The summed E-state index contributed by atoms with van der Waals surface area (Å²) in [5, 5.41) is 0.922. The van der Waals surface area contributed by atoms with Gasteiger partial charge in [0.25, 0.3) is 0 Å². The van der Waals surface area contributed by atoms with Gasteiger partial charge in [-0.2, -0.15) is 0 Å². The van der Waals surface area contributed by atoms with E-state index in [2.05, 4.69) is 4.98 Å². The zero-order valence-corrected chi connectivity index (χ0v) is 19.6. The number of rotatable bonds is 8. The maximum atomic E-state index is 13.6. The molecule has 1 aromatic heterocycles. The van der Waals surface area contributed by atoms with Crippen LogP contribution in [0.25, 0.3) is 10.2 Å². The maximum absolute atomic E-state index is 13.6. The van der Waals surface area contributed by atoms with Crippen LogP contribution in [0, 0.1) is 5.82 Å². The zero-order valence-electron chi connectivity index (χ0n) is 17.2. The lowest BCUT2D eigenvalue weighted by Gasteiger charge is -2.23. The third kappa shape index (κ3) is 5.46. The van der Waals surface area contributed by atoms with Crippen molar-refractivity contribution in [3.05, 3.63) is 53.3 Å². The number of benzene rings is 2. The minimum Gasteiger partial charge on any atom is -0.376 e. The summed E-state index contributed by atoms with van der Waals surface area (Å²) in [5.74, 6) is -0.748. The fourth-order valence-corrected chi connectivity index (χ4v) is 6.04. The van der Waals surface area contributed by atoms with Crippen LogP contribution in [0.3, 0.4) is 0 Å². The number of amides is 1. The molecule has 170 valence electrons. The molecule has 4 rings (SSSR count). The molecular formula is C22H22ClFN2O4S2. The first-order chi connectivity index (χ1) is 15.3. The first-order valence-electron chi connectivity index (χ1n) is 10.3. The quantitative estimate of drug-likeness (QED) is 0.445. The molecule has 0 radical (unpaired) electrons. The Morgan fingerprint density at radius 2 is 2.03 bits per heavy atom. The fraction of sp³-hybridized carbons (Fsp3) is 0.364. The molecule has 1 aliphatic rings. The molecule has 1 saturated heterocycles. The van der Waals surface area contributed by atoms with E-state index < -0.39 is 9.84 Å². The van der Waals surface area contributed by atoms with E-state index in [9.17, 15) is 17.6 Å². The van der Waals surface area contributed by atoms with Gasteiger partial charge >= 0.3 is 0 Å². The smallest absolute Gasteiger partial charge is 0.228 e. The van der Waals surface area contributed by atoms with Gasteiger partial charge < -0.3 is 4.74 Å². The monoisotopic (exact) mass is 496 g/mol. The molecule has 0 aliphatic carbocycles. The number of carbonyl (C=O) groups excluding carboxylic acids is 1. The number of hydrogen-bond donors (Lipinski definition) is 0. The van der Waals surface area contributed by atoms with E-state index in [1.54, 1.807) is 11.0 Å². The molecule has 1 fully saturated rings. The number of thiazole rings is 1. The summed E-state index contributed by atoms with van der Waals surface area (Å²) >= 11 is 7.06. The van der Waals surface area contributed by atoms with Crippen molar-refractivity contribution in [3.63, 3.8) is 0 Å². The van der Waals surface area contributed by atoms with E-state index in [0.717, 1.165) is 12.8 Å². The Morgan fingerprint density at radius 1 is 1.25 bits per heavy atom. The van der Waals surface area contributed by atoms with Crippen molar-refractivity contribution in [2.45, 2.75) is 36.7 Å². The molecule has 1 aliphatic heterocycles. The van der Waals surface area contributed by atoms with Gasteiger partial charge in [0.05, 0.1) is 33.5 Å². The average Bonchev–Trinajstić information content (AvgIpc) is 3.41. The second kappa shape index (κ2) is 9.82. The van der Waals surface area contributed by atoms with Gasteiger partial charge in [0, 0.05) is 18.1 Å². The summed E-state index contributed by atoms with van der Waals surface area (Å²) in [4.78, 5) is 19.3. The van der Waals surface area contributed by atoms with Crippen LogP contribution < -0.4 is 4.90 Å². The number of fused-ring (bicyclic) bond motifs is 1. The lowest BCUT2D eigenvalue weighted by Crippen LogP contribution is -2.37. The topological polar surface area (TPSA) is 76.6 Å². The van der Waals surface area contributed by atoms with E-state index in [1.807, 2.05) is 0 Å². The Morgan fingerprint density at radius 3 is 2.75 bits per heavy atom. The lowest BCUT2D eigenvalue weighted by molar-refractivity contribution is -0.119. The first kappa shape index (κ1) is 23.1. The van der Waals surface area contributed by atoms with Crippen LogP contribution in [0.1, 0.15) is 25.7 Å². The van der Waals surface area contributed by atoms with Crippen molar-refractivity contribution in [2.75, 3.05) is 23.8 Å². The molecule has 10 heteroatoms. The van der Waals surface area contributed by atoms with Crippen LogP contribution in [0.15, 0.2) is 47.4 Å². The highest BCUT2D eigenvalue weighted by molar-refractivity contribution is 7.91. The van der Waals surface area contributed by atoms with Crippen LogP contribution in [-0.2, 0) is 19.4 Å². The van der Waals surface area contributed by atoms with Crippen molar-refractivity contribution >= 4 is 54.0 Å². The van der Waals surface area contributed by atoms with Crippen LogP contribution in [0.5, 0.6) is 0 Å². The number of aromatic nitrogens is 1. The van der Waals surface area contributed by atoms with Gasteiger partial charge in [-0.25, -0.2) is 17.8 Å². The molecule has 0 saturated carbocycles. The third-order valence-electron chi connectivity index (χ3n) is 5.26. The van der Waals surface area contributed by atoms with Gasteiger partial charge in [-0.15, -0.1) is 0 Å². The zero-order chi connectivity index (χ0) is 22.7. The third-order valence-corrected chi connectivity index (χ3v) is 8.37. The number of ether oxygens (including phenoxy) is 1. The van der Waals surface area contributed by atoms with E-state index in [1.165, 1.54) is 47.7 Å². The highest BCUT2D eigenvalue weighted by atomic mass is 35.5. The van der Waals surface area contributed by atoms with Crippen molar-refractivity contribution < 1.29 is 22.3 Å². The summed E-state index contributed by atoms with van der Waals surface area (Å²) in [6.45, 7) is 0.988. The van der Waals surface area contributed by atoms with Gasteiger partial charge in [-0.05, 0) is 61.7 Å². The molecule has 0 spiro atoms. The molecule has 6 nitrogen and oxygen atoms in total. The Bertz CT molecular complexity index is 1210. The van der Waals surface area contributed by atoms with Crippen LogP contribution in [0.4, 0.5) is 9.52 Å². The standard InChI is InChI=1S/C22H22ClFN2O4S2/c23-15-5-8-18(9-6-15)32(28,29)12-2-4-21(27)26(14-17-3-1-11-30-17)22-25-19-10-7-16(24)13-20(19)31-22/h5-10,13,17H,1-4,11-12,14H2. The average molecular weight is 497 g/mol. The second-order valence-electron chi connectivity index (χ2n) is 7.62. The first-order valence-corrected chi connectivity index (χ1v) is 13.1. The molecule has 0 N–H and O–H groups in total. The largest absolute Gasteiger partial charge is 0.376 e. The maximum Gasteiger partial charge on any atom is 0.228 e. The van der Waals surface area contributed by atoms with E-state index >= 15 is 0 Å². The van der Waals surface area contributed by atoms with Crippen molar-refractivity contribution in [2.24, 2.45) is 0 Å². The van der Waals surface area contributed by atoms with Crippen LogP contribution in [-0.4, -0.2) is 44.3 Å². The Labute approximate surface area is 194 Å². The lowest BCUT2D eigenvalue weighted by atomic mass is 10.2. The van der Waals surface area contributed by atoms with Crippen LogP contribution in [0.2, 0.25) is 5.02 Å². The Kier molecular flexibility index (Phi) is 7.09. The molecule has 2 aromatic carbocycles. The number of halogens is 2. The number of sulfone groups is 1. The molecular weight excluding hydrogens is 475 g/mol. The highest BCUT2D eigenvalue weighted by Gasteiger charge is 2.26. The van der Waals surface area contributed by atoms with E-state index in [4.69, 9.17) is 16.3 Å². The number of anilines is 1. The van der Waals surface area contributed by atoms with Crippen LogP contribution >= 0.6 is 22.9 Å². The van der Waals surface area contributed by atoms with Gasteiger partial charge in [-0.1, -0.05) is 22.9 Å². The SMILES string of the molecule is O=C(CCCS(=O)(=O)c1ccc(Cl)cc1)N(CC1CCCO1)c1nc2ccc(F)cc2s1. The summed E-state index contributed by atoms with van der Waals surface area (Å²) in [6.07, 6.45) is 1.89. The van der Waals surface area contributed by atoms with Gasteiger partial charge in [0.2, 0.25) is 5.91 Å². The predicted molar refractivity (Wildman–Crippen MR) is 124 cm³/mol. The molecule has 32 heavy (non-hydrogen) atoms. The molecule has 0 bridgehead atoms. The Balaban J connectivity index is 1.47. The number of nitrogens with zero attached hydrogens (tertiary/aromatic N) is 2. The van der Waals surface area contributed by atoms with Gasteiger partial charge in [0.15, 0.2) is 15.0 Å². The fourth-order valence-electron chi connectivity index (χ4n) is 3.59. The molecule has 2 heterocycles. The Hall–Kier alpha value is -2.07. The van der Waals surface area contributed by atoms with Crippen molar-refractivity contribution in [3.8, 4) is 0 Å². The van der Waals surface area contributed by atoms with E-state index in [-0.39, 0.29) is 41.3 Å². The molecule has 3 aromatic rings. The minimum atomic E-state index is -3.52. The molecule has 1 atom stereocenters. The highest BCUT2D eigenvalue weighted by Crippen LogP contribution is 2.31. The number of hydrogen-bond acceptors (Lipinski definition) is 6. The summed E-state index contributed by atoms with van der Waals surface area (Å²) < 4.78 is 45.0. The second-order valence-corrected chi connectivity index (χ2v) is 11.2. The van der Waals surface area contributed by atoms with Crippen molar-refractivity contribution in [1.29, 1.82) is 0 Å². The normalized spacial score (nSPS) is 16.5.